The van der Waals surface area contributed by atoms with Gasteiger partial charge in [0.25, 0.3) is 5.91 Å². The van der Waals surface area contributed by atoms with Gasteiger partial charge in [0.15, 0.2) is 0 Å². The Hall–Kier alpha value is -4.28. The van der Waals surface area contributed by atoms with Crippen molar-refractivity contribution in [2.24, 2.45) is 11.8 Å². The summed E-state index contributed by atoms with van der Waals surface area (Å²) in [5.74, 6) is -6.48. The highest BCUT2D eigenvalue weighted by Gasteiger charge is 2.44. The normalized spacial score (nSPS) is 21.9. The number of carbonyl (C=O) groups excluding carboxylic acids is 7. The highest BCUT2D eigenvalue weighted by atomic mass is 16.4. The van der Waals surface area contributed by atoms with Gasteiger partial charge in [-0.15, -0.1) is 0 Å². The van der Waals surface area contributed by atoms with Gasteiger partial charge in [0.1, 0.15) is 30.2 Å². The van der Waals surface area contributed by atoms with Crippen LogP contribution in [0.25, 0.3) is 0 Å². The van der Waals surface area contributed by atoms with Crippen molar-refractivity contribution in [1.29, 1.82) is 0 Å². The number of carboxylic acids is 1. The predicted molar refractivity (Wildman–Crippen MR) is 196 cm³/mol. The van der Waals surface area contributed by atoms with E-state index in [0.717, 1.165) is 37.0 Å². The summed E-state index contributed by atoms with van der Waals surface area (Å²) in [6, 6.07) is -7.57. The highest BCUT2D eigenvalue weighted by molar-refractivity contribution is 6.06. The van der Waals surface area contributed by atoms with Gasteiger partial charge >= 0.3 is 5.97 Å². The molecule has 3 aliphatic rings. The van der Waals surface area contributed by atoms with E-state index in [9.17, 15) is 48.6 Å². The first-order valence-corrected chi connectivity index (χ1v) is 19.5. The number of nitrogens with zero attached hydrogens (tertiary/aromatic N) is 2. The second-order valence-corrected chi connectivity index (χ2v) is 15.3. The van der Waals surface area contributed by atoms with E-state index in [0.29, 0.717) is 38.6 Å². The van der Waals surface area contributed by atoms with Gasteiger partial charge in [-0.3, -0.25) is 33.6 Å². The minimum Gasteiger partial charge on any atom is -0.479 e. The third kappa shape index (κ3) is 12.1. The number of piperidine rings is 1. The summed E-state index contributed by atoms with van der Waals surface area (Å²) in [6.07, 6.45) is 6.75. The van der Waals surface area contributed by atoms with E-state index >= 15 is 0 Å². The van der Waals surface area contributed by atoms with Gasteiger partial charge in [-0.25, -0.2) is 4.79 Å². The fourth-order valence-electron chi connectivity index (χ4n) is 7.60. The highest BCUT2D eigenvalue weighted by Crippen LogP contribution is 2.28. The lowest BCUT2D eigenvalue weighted by molar-refractivity contribution is -0.154. The molecule has 0 aromatic heterocycles. The van der Waals surface area contributed by atoms with Crippen molar-refractivity contribution in [2.75, 3.05) is 19.6 Å². The topological polar surface area (TPSA) is 244 Å². The molecule has 3 rings (SSSR count). The number of aliphatic hydroxyl groups excluding tert-OH is 1. The van der Waals surface area contributed by atoms with Crippen LogP contribution in [0, 0.1) is 11.8 Å². The predicted octanol–water partition coefficient (Wildman–Crippen LogP) is -0.0644. The Balaban J connectivity index is 1.74. The van der Waals surface area contributed by atoms with Crippen molar-refractivity contribution in [2.45, 2.75) is 154 Å². The van der Waals surface area contributed by atoms with Gasteiger partial charge in [-0.05, 0) is 63.7 Å². The maximum Gasteiger partial charge on any atom is 0.336 e. The Morgan fingerprint density at radius 3 is 1.83 bits per heavy atom. The summed E-state index contributed by atoms with van der Waals surface area (Å²) < 4.78 is 0. The van der Waals surface area contributed by atoms with Crippen molar-refractivity contribution >= 4 is 47.3 Å². The molecule has 1 saturated carbocycles. The molecule has 0 aromatic carbocycles. The molecule has 54 heavy (non-hydrogen) atoms. The van der Waals surface area contributed by atoms with E-state index in [1.165, 1.54) is 18.7 Å². The average molecular weight is 764 g/mol. The molecule has 7 atom stereocenters. The first kappa shape index (κ1) is 44.1. The fraction of sp³-hybridized carbons (Fsp3) is 0.784. The van der Waals surface area contributed by atoms with E-state index in [2.05, 4.69) is 26.6 Å². The van der Waals surface area contributed by atoms with Crippen LogP contribution in [0.5, 0.6) is 0 Å². The van der Waals surface area contributed by atoms with E-state index in [-0.39, 0.29) is 37.8 Å². The van der Waals surface area contributed by atoms with Crippen molar-refractivity contribution in [3.63, 3.8) is 0 Å². The molecular weight excluding hydrogens is 702 g/mol. The third-order valence-electron chi connectivity index (χ3n) is 10.5. The van der Waals surface area contributed by atoms with Crippen LogP contribution in [-0.2, 0) is 38.4 Å². The second-order valence-electron chi connectivity index (χ2n) is 15.3. The number of hydrogen-bond donors (Lipinski definition) is 7. The maximum absolute atomic E-state index is 14.1. The summed E-state index contributed by atoms with van der Waals surface area (Å²) >= 11 is 0. The summed E-state index contributed by atoms with van der Waals surface area (Å²) in [7, 11) is 0. The van der Waals surface area contributed by atoms with Gasteiger partial charge in [0.05, 0.1) is 6.10 Å². The Kier molecular flexibility index (Phi) is 17.1. The van der Waals surface area contributed by atoms with Crippen LogP contribution in [0.3, 0.4) is 0 Å². The lowest BCUT2D eigenvalue weighted by atomic mass is 9.84. The molecular formula is C37H61N7O10. The number of aliphatic hydroxyl groups is 1. The molecule has 2 aliphatic heterocycles. The van der Waals surface area contributed by atoms with Gasteiger partial charge in [-0.2, -0.15) is 0 Å². The Bertz CT molecular complexity index is 1370. The molecule has 0 bridgehead atoms. The van der Waals surface area contributed by atoms with Gasteiger partial charge in [-0.1, -0.05) is 52.9 Å². The molecule has 2 heterocycles. The van der Waals surface area contributed by atoms with E-state index < -0.39 is 89.7 Å². The second kappa shape index (κ2) is 21.0. The Morgan fingerprint density at radius 1 is 0.685 bits per heavy atom. The zero-order valence-corrected chi connectivity index (χ0v) is 32.4. The van der Waals surface area contributed by atoms with Crippen LogP contribution in [0.2, 0.25) is 0 Å². The summed E-state index contributed by atoms with van der Waals surface area (Å²) in [6.45, 7) is 8.50. The van der Waals surface area contributed by atoms with E-state index in [1.807, 2.05) is 6.92 Å². The van der Waals surface area contributed by atoms with Crippen molar-refractivity contribution < 1.29 is 48.6 Å². The van der Waals surface area contributed by atoms with Crippen LogP contribution in [0.4, 0.5) is 0 Å². The first-order valence-electron chi connectivity index (χ1n) is 19.5. The summed E-state index contributed by atoms with van der Waals surface area (Å²) in [5, 5.41) is 33.2. The van der Waals surface area contributed by atoms with Crippen LogP contribution in [0.1, 0.15) is 112 Å². The van der Waals surface area contributed by atoms with Crippen LogP contribution in [0.15, 0.2) is 0 Å². The lowest BCUT2D eigenvalue weighted by Gasteiger charge is -2.38. The minimum absolute atomic E-state index is 0.0159. The lowest BCUT2D eigenvalue weighted by Crippen LogP contribution is -2.63. The van der Waals surface area contributed by atoms with Crippen LogP contribution >= 0.6 is 0 Å². The Labute approximate surface area is 317 Å². The van der Waals surface area contributed by atoms with Crippen molar-refractivity contribution in [3.8, 4) is 0 Å². The summed E-state index contributed by atoms with van der Waals surface area (Å²) in [5.41, 5.74) is 0. The van der Waals surface area contributed by atoms with Crippen molar-refractivity contribution in [3.05, 3.63) is 0 Å². The average Bonchev–Trinajstić information content (AvgIpc) is 3.63. The third-order valence-corrected chi connectivity index (χ3v) is 10.5. The monoisotopic (exact) mass is 763 g/mol. The van der Waals surface area contributed by atoms with E-state index in [4.69, 9.17) is 0 Å². The SMILES string of the molecule is CCCNC(=O)[C@@H](NC(=O)[C@@H]1CCCN1C(=O)[C@@H](NC(=O)[C@@H]1CCCCN1C(=O)[C@@H](NC(=O)C(CC1CCCCC1)NC(C)=O)C(C)C)C(=O)O)[C@@H](C)O. The number of carbonyl (C=O) groups is 8. The molecule has 7 amide bonds. The van der Waals surface area contributed by atoms with Gasteiger partial charge < -0.3 is 46.6 Å². The van der Waals surface area contributed by atoms with Crippen LogP contribution in [-0.4, -0.2) is 129 Å². The van der Waals surface area contributed by atoms with Crippen LogP contribution < -0.4 is 26.6 Å². The molecule has 0 spiro atoms. The molecule has 1 aliphatic carbocycles. The largest absolute Gasteiger partial charge is 0.479 e. The molecule has 1 unspecified atom stereocenters. The van der Waals surface area contributed by atoms with E-state index in [1.54, 1.807) is 13.8 Å². The quantitative estimate of drug-likeness (QED) is 0.0974. The minimum atomic E-state index is -2.08. The number of rotatable bonds is 17. The number of carboxylic acid groups (broad SMARTS) is 1. The molecule has 2 saturated heterocycles. The molecule has 3 fully saturated rings. The fourth-order valence-corrected chi connectivity index (χ4v) is 7.60. The molecule has 7 N–H and O–H groups in total. The van der Waals surface area contributed by atoms with Crippen molar-refractivity contribution in [1.82, 2.24) is 36.4 Å². The number of nitrogens with one attached hydrogen (secondary N) is 5. The van der Waals surface area contributed by atoms with Gasteiger partial charge in [0, 0.05) is 26.6 Å². The number of likely N-dealkylation sites (tertiary alicyclic amines) is 2. The molecule has 0 aromatic rings. The number of aliphatic carboxylic acids is 1. The van der Waals surface area contributed by atoms with Gasteiger partial charge in [0.2, 0.25) is 41.5 Å². The zero-order chi connectivity index (χ0) is 40.1. The first-order chi connectivity index (χ1) is 25.6. The smallest absolute Gasteiger partial charge is 0.336 e. The molecule has 0 radical (unpaired) electrons. The maximum atomic E-state index is 14.1. The zero-order valence-electron chi connectivity index (χ0n) is 32.4. The molecule has 17 heteroatoms. The Morgan fingerprint density at radius 2 is 1.26 bits per heavy atom. The number of hydrogen-bond acceptors (Lipinski definition) is 9. The number of amides is 7. The standard InChI is InChI=1S/C37H61N7O10/c1-6-17-38-34(50)29(22(4)45)41-32(48)27-16-12-19-44(27)36(52)30(37(53)54)42-33(49)26-15-10-11-18-43(26)35(51)28(21(2)3)40-31(47)25(39-23(5)46)20-24-13-8-7-9-14-24/h21-22,24-30,45H,6-20H2,1-5H3,(H,38,50)(H,39,46)(H,40,47)(H,41,48)(H,42,49)(H,53,54)/t22-,25?,26+,27+,28+,29+,30-/m1/s1. The molecule has 304 valence electrons. The molecule has 17 nitrogen and oxygen atoms in total. The summed E-state index contributed by atoms with van der Waals surface area (Å²) in [4.78, 5) is 108.